The minimum atomic E-state index is -0.283. The number of anilines is 3. The topological polar surface area (TPSA) is 144 Å². The van der Waals surface area contributed by atoms with Crippen LogP contribution in [0.15, 0.2) is 24.5 Å². The second kappa shape index (κ2) is 11.7. The highest BCUT2D eigenvalue weighted by Crippen LogP contribution is 2.26. The van der Waals surface area contributed by atoms with Gasteiger partial charge in [0.15, 0.2) is 0 Å². The zero-order valence-corrected chi connectivity index (χ0v) is 19.2. The van der Waals surface area contributed by atoms with Gasteiger partial charge in [-0.2, -0.15) is 5.26 Å². The molecule has 0 aromatic carbocycles. The minimum absolute atomic E-state index is 0.0743. The van der Waals surface area contributed by atoms with Gasteiger partial charge in [0.1, 0.15) is 17.7 Å². The summed E-state index contributed by atoms with van der Waals surface area (Å²) in [6.45, 7) is 6.16. The highest BCUT2D eigenvalue weighted by Gasteiger charge is 2.15. The van der Waals surface area contributed by atoms with E-state index in [9.17, 15) is 9.59 Å². The monoisotopic (exact) mass is 458 g/mol. The van der Waals surface area contributed by atoms with Crippen LogP contribution < -0.4 is 26.6 Å². The minimum Gasteiger partial charge on any atom is -0.382 e. The van der Waals surface area contributed by atoms with E-state index in [1.54, 1.807) is 13.1 Å². The lowest BCUT2D eigenvalue weighted by Crippen LogP contribution is -2.40. The SMILES string of the molecule is CNC(=O)NC(C)CCNC(=O)c1cnc(Nc2ncc(C#N)cc2Cl)cc1NC(C)C. The van der Waals surface area contributed by atoms with E-state index in [2.05, 4.69) is 36.6 Å². The standard InChI is InChI=1S/C21H27ClN8O2/c1-12(2)28-17-8-18(30-19-16(22)7-14(9-23)10-27-19)26-11-15(17)20(31)25-6-5-13(3)29-21(32)24-4/h7-8,10-13H,5-6H2,1-4H3,(H,25,31)(H2,24,29,32)(H2,26,27,28,30). The maximum Gasteiger partial charge on any atom is 0.314 e. The normalized spacial score (nSPS) is 11.3. The molecule has 0 aliphatic carbocycles. The Balaban J connectivity index is 2.11. The van der Waals surface area contributed by atoms with Crippen LogP contribution in [0.5, 0.6) is 0 Å². The van der Waals surface area contributed by atoms with Crippen LogP contribution in [0.3, 0.4) is 0 Å². The molecule has 0 saturated heterocycles. The van der Waals surface area contributed by atoms with Crippen LogP contribution in [0.4, 0.5) is 22.1 Å². The quantitative estimate of drug-likeness (QED) is 0.388. The zero-order chi connectivity index (χ0) is 23.7. The Morgan fingerprint density at radius 3 is 2.56 bits per heavy atom. The molecule has 2 aromatic heterocycles. The van der Waals surface area contributed by atoms with Crippen LogP contribution in [-0.2, 0) is 0 Å². The summed E-state index contributed by atoms with van der Waals surface area (Å²) in [5, 5.41) is 23.6. The first kappa shape index (κ1) is 24.7. The number of carbonyl (C=O) groups excluding carboxylic acids is 2. The van der Waals surface area contributed by atoms with Crippen molar-refractivity contribution in [1.82, 2.24) is 25.9 Å². The highest BCUT2D eigenvalue weighted by molar-refractivity contribution is 6.33. The van der Waals surface area contributed by atoms with E-state index in [4.69, 9.17) is 16.9 Å². The lowest BCUT2D eigenvalue weighted by atomic mass is 10.2. The smallest absolute Gasteiger partial charge is 0.314 e. The molecular formula is C21H27ClN8O2. The zero-order valence-electron chi connectivity index (χ0n) is 18.4. The number of pyridine rings is 2. The van der Waals surface area contributed by atoms with Crippen molar-refractivity contribution >= 4 is 40.9 Å². The second-order valence-electron chi connectivity index (χ2n) is 7.37. The van der Waals surface area contributed by atoms with Crippen molar-refractivity contribution in [2.75, 3.05) is 24.2 Å². The number of halogens is 1. The number of aromatic nitrogens is 2. The average molecular weight is 459 g/mol. The number of amides is 3. The van der Waals surface area contributed by atoms with E-state index in [1.807, 2.05) is 26.8 Å². The summed E-state index contributed by atoms with van der Waals surface area (Å²) in [6, 6.07) is 4.89. The Kier molecular flexibility index (Phi) is 9.04. The molecule has 3 amide bonds. The molecule has 0 spiro atoms. The van der Waals surface area contributed by atoms with Gasteiger partial charge in [0, 0.05) is 44.1 Å². The third-order valence-corrected chi connectivity index (χ3v) is 4.57. The molecule has 0 saturated carbocycles. The van der Waals surface area contributed by atoms with Crippen molar-refractivity contribution in [2.24, 2.45) is 0 Å². The lowest BCUT2D eigenvalue weighted by Gasteiger charge is -2.17. The van der Waals surface area contributed by atoms with Gasteiger partial charge in [-0.3, -0.25) is 4.79 Å². The molecule has 2 rings (SSSR count). The van der Waals surface area contributed by atoms with E-state index in [0.717, 1.165) is 0 Å². The Morgan fingerprint density at radius 2 is 1.94 bits per heavy atom. The molecule has 2 aromatic rings. The number of nitriles is 1. The summed E-state index contributed by atoms with van der Waals surface area (Å²) in [6.07, 6.45) is 3.44. The fourth-order valence-electron chi connectivity index (χ4n) is 2.71. The fraction of sp³-hybridized carbons (Fsp3) is 0.381. The summed E-state index contributed by atoms with van der Waals surface area (Å²) in [7, 11) is 1.55. The fourth-order valence-corrected chi connectivity index (χ4v) is 2.93. The molecule has 32 heavy (non-hydrogen) atoms. The van der Waals surface area contributed by atoms with Crippen molar-refractivity contribution in [2.45, 2.75) is 39.3 Å². The van der Waals surface area contributed by atoms with E-state index in [-0.39, 0.29) is 29.0 Å². The van der Waals surface area contributed by atoms with Gasteiger partial charge in [-0.1, -0.05) is 11.6 Å². The van der Waals surface area contributed by atoms with Crippen LogP contribution in [0.2, 0.25) is 5.02 Å². The third kappa shape index (κ3) is 7.28. The second-order valence-corrected chi connectivity index (χ2v) is 7.78. The predicted octanol–water partition coefficient (Wildman–Crippen LogP) is 3.00. The summed E-state index contributed by atoms with van der Waals surface area (Å²) < 4.78 is 0. The Bertz CT molecular complexity index is 1010. The van der Waals surface area contributed by atoms with Gasteiger partial charge < -0.3 is 26.6 Å². The van der Waals surface area contributed by atoms with Gasteiger partial charge in [0.05, 0.1) is 21.8 Å². The highest BCUT2D eigenvalue weighted by atomic mass is 35.5. The van der Waals surface area contributed by atoms with Crippen molar-refractivity contribution in [3.8, 4) is 6.07 Å². The van der Waals surface area contributed by atoms with Crippen molar-refractivity contribution in [1.29, 1.82) is 5.26 Å². The molecule has 0 fully saturated rings. The van der Waals surface area contributed by atoms with Crippen LogP contribution in [0.1, 0.15) is 43.1 Å². The van der Waals surface area contributed by atoms with E-state index >= 15 is 0 Å². The lowest BCUT2D eigenvalue weighted by molar-refractivity contribution is 0.0953. The number of nitrogens with zero attached hydrogens (tertiary/aromatic N) is 3. The molecule has 1 unspecified atom stereocenters. The van der Waals surface area contributed by atoms with E-state index in [1.165, 1.54) is 18.5 Å². The molecule has 0 bridgehead atoms. The molecule has 1 atom stereocenters. The molecule has 2 heterocycles. The first-order valence-electron chi connectivity index (χ1n) is 10.1. The molecule has 0 aliphatic heterocycles. The van der Waals surface area contributed by atoms with Crippen LogP contribution in [0, 0.1) is 11.3 Å². The number of carbonyl (C=O) groups is 2. The van der Waals surface area contributed by atoms with Crippen molar-refractivity contribution < 1.29 is 9.59 Å². The van der Waals surface area contributed by atoms with Crippen molar-refractivity contribution in [3.63, 3.8) is 0 Å². The van der Waals surface area contributed by atoms with Gasteiger partial charge in [0.2, 0.25) is 0 Å². The number of nitrogens with one attached hydrogen (secondary N) is 5. The number of urea groups is 1. The van der Waals surface area contributed by atoms with E-state index < -0.39 is 0 Å². The first-order valence-corrected chi connectivity index (χ1v) is 10.5. The Morgan fingerprint density at radius 1 is 1.19 bits per heavy atom. The first-order chi connectivity index (χ1) is 15.2. The van der Waals surface area contributed by atoms with Crippen LogP contribution in [-0.4, -0.2) is 47.6 Å². The summed E-state index contributed by atoms with van der Waals surface area (Å²) >= 11 is 6.17. The van der Waals surface area contributed by atoms with Crippen LogP contribution in [0.25, 0.3) is 0 Å². The summed E-state index contributed by atoms with van der Waals surface area (Å²) in [5.41, 5.74) is 1.33. The maximum atomic E-state index is 12.7. The molecule has 10 nitrogen and oxygen atoms in total. The molecule has 5 N–H and O–H groups in total. The average Bonchev–Trinajstić information content (AvgIpc) is 2.74. The number of hydrogen-bond acceptors (Lipinski definition) is 7. The number of rotatable bonds is 9. The Hall–Kier alpha value is -3.58. The molecule has 11 heteroatoms. The summed E-state index contributed by atoms with van der Waals surface area (Å²) in [5.74, 6) is 0.504. The molecule has 0 radical (unpaired) electrons. The molecule has 0 aliphatic rings. The van der Waals surface area contributed by atoms with E-state index in [0.29, 0.717) is 41.4 Å². The van der Waals surface area contributed by atoms with Crippen molar-refractivity contribution in [3.05, 3.63) is 40.7 Å². The number of hydrogen-bond donors (Lipinski definition) is 5. The predicted molar refractivity (Wildman–Crippen MR) is 124 cm³/mol. The van der Waals surface area contributed by atoms with Gasteiger partial charge >= 0.3 is 6.03 Å². The molecular weight excluding hydrogens is 432 g/mol. The largest absolute Gasteiger partial charge is 0.382 e. The summed E-state index contributed by atoms with van der Waals surface area (Å²) in [4.78, 5) is 32.5. The maximum absolute atomic E-state index is 12.7. The van der Waals surface area contributed by atoms with Gasteiger partial charge in [-0.25, -0.2) is 14.8 Å². The van der Waals surface area contributed by atoms with Gasteiger partial charge in [-0.15, -0.1) is 0 Å². The third-order valence-electron chi connectivity index (χ3n) is 4.28. The Labute approximate surface area is 192 Å². The molecule has 170 valence electrons. The van der Waals surface area contributed by atoms with Gasteiger partial charge in [0.25, 0.3) is 5.91 Å². The van der Waals surface area contributed by atoms with Gasteiger partial charge in [-0.05, 0) is 33.3 Å². The van der Waals surface area contributed by atoms with Crippen LogP contribution >= 0.6 is 11.6 Å².